The Bertz CT molecular complexity index is 718. The van der Waals surface area contributed by atoms with Crippen molar-refractivity contribution in [3.63, 3.8) is 0 Å². The first-order valence-electron chi connectivity index (χ1n) is 6.93. The van der Waals surface area contributed by atoms with Crippen LogP contribution < -0.4 is 5.32 Å². The summed E-state index contributed by atoms with van der Waals surface area (Å²) in [7, 11) is 0. The monoisotopic (exact) mass is 398 g/mol. The summed E-state index contributed by atoms with van der Waals surface area (Å²) < 4.78 is 0.886. The Morgan fingerprint density at radius 1 is 1.29 bits per heavy atom. The van der Waals surface area contributed by atoms with Crippen LogP contribution >= 0.6 is 15.9 Å². The molecule has 9 nitrogen and oxygen atoms in total. The largest absolute Gasteiger partial charge is 0.479 e. The summed E-state index contributed by atoms with van der Waals surface area (Å²) in [5.74, 6) is -2.00. The fourth-order valence-electron chi connectivity index (χ4n) is 2.09. The first-order valence-corrected chi connectivity index (χ1v) is 7.72. The molecule has 10 heteroatoms. The lowest BCUT2D eigenvalue weighted by atomic mass is 10.0. The molecule has 2 rings (SSSR count). The molecule has 0 bridgehead atoms. The van der Waals surface area contributed by atoms with Crippen molar-refractivity contribution < 1.29 is 25.0 Å². The Hall–Kier alpha value is -2.46. The number of amides is 1. The molecule has 0 spiro atoms. The number of carbonyl (C=O) groups excluding carboxylic acids is 1. The molecule has 0 saturated heterocycles. The Morgan fingerprint density at radius 2 is 1.96 bits per heavy atom. The van der Waals surface area contributed by atoms with Gasteiger partial charge in [0.05, 0.1) is 6.20 Å². The van der Waals surface area contributed by atoms with Crippen LogP contribution in [0.2, 0.25) is 0 Å². The first-order chi connectivity index (χ1) is 11.3. The molecule has 128 valence electrons. The van der Waals surface area contributed by atoms with Crippen molar-refractivity contribution in [3.05, 3.63) is 46.2 Å². The minimum Gasteiger partial charge on any atom is -0.479 e. The number of benzene rings is 1. The van der Waals surface area contributed by atoms with Gasteiger partial charge in [0.15, 0.2) is 11.8 Å². The Morgan fingerprint density at radius 3 is 2.50 bits per heavy atom. The van der Waals surface area contributed by atoms with Crippen LogP contribution in [0.5, 0.6) is 0 Å². The normalized spacial score (nSPS) is 13.2. The van der Waals surface area contributed by atoms with Gasteiger partial charge in [0.1, 0.15) is 0 Å². The van der Waals surface area contributed by atoms with E-state index in [2.05, 4.69) is 31.6 Å². The molecule has 1 aromatic carbocycles. The molecule has 0 unspecified atom stereocenters. The number of carbonyl (C=O) groups is 2. The SMILES string of the molecule is O=C(N[C@H](Cc1ccc(Br)cc1)C[C@@H](O)C(=O)O)c1cn(O)nn1. The summed E-state index contributed by atoms with van der Waals surface area (Å²) in [6.07, 6.45) is -0.458. The summed E-state index contributed by atoms with van der Waals surface area (Å²) >= 11 is 3.32. The van der Waals surface area contributed by atoms with Crippen molar-refractivity contribution in [1.82, 2.24) is 20.5 Å². The maximum atomic E-state index is 12.1. The molecule has 1 aromatic heterocycles. The van der Waals surface area contributed by atoms with E-state index >= 15 is 0 Å². The predicted octanol–water partition coefficient (Wildman–Crippen LogP) is 0.455. The maximum absolute atomic E-state index is 12.1. The van der Waals surface area contributed by atoms with E-state index in [0.29, 0.717) is 11.3 Å². The van der Waals surface area contributed by atoms with E-state index in [9.17, 15) is 14.7 Å². The smallest absolute Gasteiger partial charge is 0.332 e. The van der Waals surface area contributed by atoms with Gasteiger partial charge >= 0.3 is 5.97 Å². The maximum Gasteiger partial charge on any atom is 0.332 e. The molecular formula is C14H15BrN4O5. The van der Waals surface area contributed by atoms with Crippen molar-refractivity contribution >= 4 is 27.8 Å². The number of aliphatic carboxylic acids is 1. The topological polar surface area (TPSA) is 138 Å². The highest BCUT2D eigenvalue weighted by Gasteiger charge is 2.23. The zero-order valence-corrected chi connectivity index (χ0v) is 13.9. The second kappa shape index (κ2) is 7.88. The van der Waals surface area contributed by atoms with Gasteiger partial charge in [-0.25, -0.2) is 4.79 Å². The van der Waals surface area contributed by atoms with E-state index < -0.39 is 24.0 Å². The van der Waals surface area contributed by atoms with E-state index in [-0.39, 0.29) is 12.1 Å². The Kier molecular flexibility index (Phi) is 5.88. The van der Waals surface area contributed by atoms with Crippen LogP contribution in [0.4, 0.5) is 0 Å². The van der Waals surface area contributed by atoms with Gasteiger partial charge < -0.3 is 20.7 Å². The summed E-state index contributed by atoms with van der Waals surface area (Å²) in [5, 5.41) is 36.8. The average Bonchev–Trinajstić information content (AvgIpc) is 2.96. The number of nitrogens with zero attached hydrogens (tertiary/aromatic N) is 3. The lowest BCUT2D eigenvalue weighted by Gasteiger charge is -2.20. The highest BCUT2D eigenvalue weighted by atomic mass is 79.9. The fourth-order valence-corrected chi connectivity index (χ4v) is 2.35. The number of hydrogen-bond donors (Lipinski definition) is 4. The second-order valence-electron chi connectivity index (χ2n) is 5.11. The molecule has 2 aromatic rings. The predicted molar refractivity (Wildman–Crippen MR) is 84.6 cm³/mol. The highest BCUT2D eigenvalue weighted by Crippen LogP contribution is 2.14. The zero-order valence-electron chi connectivity index (χ0n) is 12.3. The molecule has 0 fully saturated rings. The van der Waals surface area contributed by atoms with Crippen LogP contribution in [0.25, 0.3) is 0 Å². The number of hydrogen-bond acceptors (Lipinski definition) is 6. The molecule has 0 aliphatic heterocycles. The lowest BCUT2D eigenvalue weighted by molar-refractivity contribution is -0.147. The number of aliphatic hydroxyl groups excluding tert-OH is 1. The van der Waals surface area contributed by atoms with Crippen LogP contribution in [0.1, 0.15) is 22.5 Å². The second-order valence-corrected chi connectivity index (χ2v) is 6.03. The molecule has 0 saturated carbocycles. The number of carboxylic acid groups (broad SMARTS) is 1. The number of aromatic nitrogens is 3. The van der Waals surface area contributed by atoms with Gasteiger partial charge in [0.25, 0.3) is 5.91 Å². The van der Waals surface area contributed by atoms with Crippen molar-refractivity contribution in [1.29, 1.82) is 0 Å². The van der Waals surface area contributed by atoms with Crippen LogP contribution in [-0.2, 0) is 11.2 Å². The number of aliphatic hydroxyl groups is 1. The summed E-state index contributed by atoms with van der Waals surface area (Å²) in [6, 6.07) is 6.63. The van der Waals surface area contributed by atoms with Crippen molar-refractivity contribution in [2.24, 2.45) is 0 Å². The standard InChI is InChI=1S/C14H15BrN4O5/c15-9-3-1-8(2-4-9)5-10(6-12(20)14(22)23)16-13(21)11-7-19(24)18-17-11/h1-4,7,10,12,20,24H,5-6H2,(H,16,21)(H,22,23)/t10-,12-/m1/s1. The minimum absolute atomic E-state index is 0.122. The summed E-state index contributed by atoms with van der Waals surface area (Å²) in [5.41, 5.74) is 0.732. The van der Waals surface area contributed by atoms with Gasteiger partial charge in [0, 0.05) is 16.9 Å². The van der Waals surface area contributed by atoms with Gasteiger partial charge in [-0.15, -0.1) is 5.10 Å². The highest BCUT2D eigenvalue weighted by molar-refractivity contribution is 9.10. The minimum atomic E-state index is -1.61. The van der Waals surface area contributed by atoms with Crippen molar-refractivity contribution in [2.45, 2.75) is 25.0 Å². The molecule has 4 N–H and O–H groups in total. The Balaban J connectivity index is 2.10. The number of carboxylic acids is 1. The zero-order chi connectivity index (χ0) is 17.7. The molecule has 0 aliphatic carbocycles. The number of halogens is 1. The van der Waals surface area contributed by atoms with E-state index in [0.717, 1.165) is 16.2 Å². The van der Waals surface area contributed by atoms with Crippen LogP contribution in [-0.4, -0.2) is 54.6 Å². The van der Waals surface area contributed by atoms with E-state index in [1.807, 2.05) is 24.3 Å². The number of nitrogens with one attached hydrogen (secondary N) is 1. The van der Waals surface area contributed by atoms with E-state index in [4.69, 9.17) is 10.3 Å². The van der Waals surface area contributed by atoms with Crippen LogP contribution in [0, 0.1) is 0 Å². The molecule has 24 heavy (non-hydrogen) atoms. The molecular weight excluding hydrogens is 384 g/mol. The van der Waals surface area contributed by atoms with Crippen molar-refractivity contribution in [2.75, 3.05) is 0 Å². The molecule has 2 atom stereocenters. The van der Waals surface area contributed by atoms with E-state index in [1.54, 1.807) is 0 Å². The van der Waals surface area contributed by atoms with Crippen LogP contribution in [0.3, 0.4) is 0 Å². The molecule has 1 heterocycles. The number of rotatable bonds is 7. The third kappa shape index (κ3) is 5.03. The van der Waals surface area contributed by atoms with Gasteiger partial charge in [-0.1, -0.05) is 32.9 Å². The van der Waals surface area contributed by atoms with E-state index in [1.165, 1.54) is 0 Å². The third-order valence-electron chi connectivity index (χ3n) is 3.24. The van der Waals surface area contributed by atoms with Crippen molar-refractivity contribution in [3.8, 4) is 0 Å². The van der Waals surface area contributed by atoms with Gasteiger partial charge in [-0.3, -0.25) is 4.79 Å². The molecule has 0 radical (unpaired) electrons. The van der Waals surface area contributed by atoms with Gasteiger partial charge in [-0.2, -0.15) is 0 Å². The first kappa shape index (κ1) is 17.9. The average molecular weight is 399 g/mol. The molecule has 1 amide bonds. The molecule has 0 aliphatic rings. The summed E-state index contributed by atoms with van der Waals surface area (Å²) in [4.78, 5) is 23.3. The van der Waals surface area contributed by atoms with Crippen LogP contribution in [0.15, 0.2) is 34.9 Å². The van der Waals surface area contributed by atoms with Gasteiger partial charge in [0.2, 0.25) is 0 Å². The Labute approximate surface area is 145 Å². The fraction of sp³-hybridized carbons (Fsp3) is 0.286. The van der Waals surface area contributed by atoms with Gasteiger partial charge in [-0.05, 0) is 29.3 Å². The quantitative estimate of drug-likeness (QED) is 0.496. The lowest BCUT2D eigenvalue weighted by Crippen LogP contribution is -2.40. The third-order valence-corrected chi connectivity index (χ3v) is 3.77. The summed E-state index contributed by atoms with van der Waals surface area (Å²) in [6.45, 7) is 0.